The summed E-state index contributed by atoms with van der Waals surface area (Å²) in [5.41, 5.74) is 1.48. The Balaban J connectivity index is 1.34. The van der Waals surface area contributed by atoms with Gasteiger partial charge in [0.2, 0.25) is 0 Å². The lowest BCUT2D eigenvalue weighted by atomic mass is 9.98. The smallest absolute Gasteiger partial charge is 0.341 e. The molecule has 1 aliphatic heterocycles. The Labute approximate surface area is 179 Å². The van der Waals surface area contributed by atoms with Crippen LogP contribution in [-0.4, -0.2) is 37.3 Å². The third-order valence-corrected chi connectivity index (χ3v) is 6.40. The number of carbonyl (C=O) groups excluding carboxylic acids is 1. The third kappa shape index (κ3) is 4.65. The number of carbonyl (C=O) groups is 1. The highest BCUT2D eigenvalue weighted by Gasteiger charge is 2.23. The van der Waals surface area contributed by atoms with Crippen molar-refractivity contribution in [3.05, 3.63) is 53.1 Å². The molecule has 2 aromatic carbocycles. The topological polar surface area (TPSA) is 51.7 Å². The molecule has 1 fully saturated rings. The number of nitrogens with zero attached hydrogens (tertiary/aromatic N) is 2. The number of benzene rings is 2. The molecule has 1 saturated heterocycles. The second-order valence-electron chi connectivity index (χ2n) is 7.07. The summed E-state index contributed by atoms with van der Waals surface area (Å²) >= 11 is 7.78. The Hall–Kier alpha value is -2.31. The third-order valence-electron chi connectivity index (χ3n) is 5.08. The zero-order valence-corrected chi connectivity index (χ0v) is 17.8. The molecule has 0 bridgehead atoms. The van der Waals surface area contributed by atoms with Crippen LogP contribution in [0, 0.1) is 5.92 Å². The van der Waals surface area contributed by atoms with Gasteiger partial charge in [-0.1, -0.05) is 35.1 Å². The van der Waals surface area contributed by atoms with Gasteiger partial charge in [0.05, 0.1) is 23.4 Å². The van der Waals surface area contributed by atoms with Crippen molar-refractivity contribution in [3.8, 4) is 5.75 Å². The van der Waals surface area contributed by atoms with E-state index in [1.54, 1.807) is 24.3 Å². The number of anilines is 1. The first-order chi connectivity index (χ1) is 14.1. The number of aromatic nitrogens is 1. The van der Waals surface area contributed by atoms with E-state index in [0.29, 0.717) is 30.4 Å². The van der Waals surface area contributed by atoms with Crippen molar-refractivity contribution in [2.45, 2.75) is 19.8 Å². The molecule has 29 heavy (non-hydrogen) atoms. The van der Waals surface area contributed by atoms with Crippen molar-refractivity contribution in [1.82, 2.24) is 4.98 Å². The average molecular weight is 431 g/mol. The summed E-state index contributed by atoms with van der Waals surface area (Å²) in [7, 11) is 0. The number of esters is 1. The number of ether oxygens (including phenoxy) is 2. The van der Waals surface area contributed by atoms with Gasteiger partial charge in [0.1, 0.15) is 11.3 Å². The van der Waals surface area contributed by atoms with Gasteiger partial charge in [0, 0.05) is 18.1 Å². The molecule has 0 spiro atoms. The van der Waals surface area contributed by atoms with E-state index < -0.39 is 0 Å². The summed E-state index contributed by atoms with van der Waals surface area (Å²) in [4.78, 5) is 19.2. The molecule has 0 unspecified atom stereocenters. The zero-order chi connectivity index (χ0) is 20.2. The number of thiazole rings is 1. The lowest BCUT2D eigenvalue weighted by Crippen LogP contribution is -2.35. The van der Waals surface area contributed by atoms with Gasteiger partial charge in [-0.3, -0.25) is 0 Å². The predicted molar refractivity (Wildman–Crippen MR) is 117 cm³/mol. The van der Waals surface area contributed by atoms with E-state index in [2.05, 4.69) is 4.90 Å². The Morgan fingerprint density at radius 1 is 1.24 bits per heavy atom. The molecular formula is C22H23ClN2O3S. The maximum Gasteiger partial charge on any atom is 0.341 e. The number of hydrogen-bond donors (Lipinski definition) is 0. The molecule has 0 N–H and O–H groups in total. The first-order valence-corrected chi connectivity index (χ1v) is 11.0. The van der Waals surface area contributed by atoms with E-state index in [1.807, 2.05) is 36.4 Å². The van der Waals surface area contributed by atoms with Crippen LogP contribution < -0.4 is 9.64 Å². The van der Waals surface area contributed by atoms with E-state index >= 15 is 0 Å². The van der Waals surface area contributed by atoms with Crippen LogP contribution in [0.5, 0.6) is 5.75 Å². The predicted octanol–water partition coefficient (Wildman–Crippen LogP) is 5.42. The quantitative estimate of drug-likeness (QED) is 0.488. The van der Waals surface area contributed by atoms with Crippen LogP contribution in [-0.2, 0) is 4.74 Å². The molecular weight excluding hydrogens is 408 g/mol. The van der Waals surface area contributed by atoms with Crippen molar-refractivity contribution < 1.29 is 14.3 Å². The molecule has 7 heteroatoms. The van der Waals surface area contributed by atoms with Crippen LogP contribution in [0.1, 0.15) is 30.1 Å². The monoisotopic (exact) mass is 430 g/mol. The second-order valence-corrected chi connectivity index (χ2v) is 8.51. The van der Waals surface area contributed by atoms with Gasteiger partial charge in [-0.2, -0.15) is 0 Å². The minimum Gasteiger partial charge on any atom is -0.492 e. The number of rotatable bonds is 6. The van der Waals surface area contributed by atoms with Crippen molar-refractivity contribution in [2.24, 2.45) is 5.92 Å². The number of fused-ring (bicyclic) bond motifs is 1. The Morgan fingerprint density at radius 3 is 2.83 bits per heavy atom. The van der Waals surface area contributed by atoms with E-state index in [4.69, 9.17) is 26.1 Å². The lowest BCUT2D eigenvalue weighted by Gasteiger charge is -2.31. The summed E-state index contributed by atoms with van der Waals surface area (Å²) in [5, 5.41) is 1.79. The van der Waals surface area contributed by atoms with Gasteiger partial charge < -0.3 is 14.4 Å². The molecule has 1 aromatic heterocycles. The van der Waals surface area contributed by atoms with E-state index in [1.165, 1.54) is 0 Å². The molecule has 152 valence electrons. The maximum atomic E-state index is 12.1. The van der Waals surface area contributed by atoms with Crippen LogP contribution in [0.25, 0.3) is 10.2 Å². The molecule has 2 heterocycles. The Morgan fingerprint density at radius 2 is 2.03 bits per heavy atom. The van der Waals surface area contributed by atoms with E-state index in [0.717, 1.165) is 46.3 Å². The highest BCUT2D eigenvalue weighted by atomic mass is 35.5. The molecule has 0 saturated carbocycles. The van der Waals surface area contributed by atoms with Crippen molar-refractivity contribution in [1.29, 1.82) is 0 Å². The highest BCUT2D eigenvalue weighted by molar-refractivity contribution is 7.22. The SMILES string of the molecule is CCOC(=O)c1ccccc1OCC1CCN(c2nc3ccc(Cl)cc3s2)CC1. The van der Waals surface area contributed by atoms with E-state index in [9.17, 15) is 4.79 Å². The maximum absolute atomic E-state index is 12.1. The molecule has 0 radical (unpaired) electrons. The molecule has 4 rings (SSSR count). The first-order valence-electron chi connectivity index (χ1n) is 9.84. The fraction of sp³-hybridized carbons (Fsp3) is 0.364. The fourth-order valence-corrected chi connectivity index (χ4v) is 4.78. The van der Waals surface area contributed by atoms with Gasteiger partial charge in [0.15, 0.2) is 5.13 Å². The number of piperidine rings is 1. The van der Waals surface area contributed by atoms with Crippen molar-refractivity contribution >= 4 is 44.3 Å². The fourth-order valence-electron chi connectivity index (χ4n) is 3.49. The van der Waals surface area contributed by atoms with Crippen molar-refractivity contribution in [2.75, 3.05) is 31.2 Å². The minimum atomic E-state index is -0.339. The number of hydrogen-bond acceptors (Lipinski definition) is 6. The Bertz CT molecular complexity index is 999. The lowest BCUT2D eigenvalue weighted by molar-refractivity contribution is 0.0520. The van der Waals surface area contributed by atoms with Crippen LogP contribution >= 0.6 is 22.9 Å². The van der Waals surface area contributed by atoms with Gasteiger partial charge in [-0.25, -0.2) is 9.78 Å². The highest BCUT2D eigenvalue weighted by Crippen LogP contribution is 2.33. The molecule has 0 aliphatic carbocycles. The van der Waals surface area contributed by atoms with Crippen LogP contribution in [0.3, 0.4) is 0 Å². The number of para-hydroxylation sites is 1. The summed E-state index contributed by atoms with van der Waals surface area (Å²) < 4.78 is 12.2. The summed E-state index contributed by atoms with van der Waals surface area (Å²) in [6, 6.07) is 13.1. The summed E-state index contributed by atoms with van der Waals surface area (Å²) in [6.07, 6.45) is 2.05. The van der Waals surface area contributed by atoms with E-state index in [-0.39, 0.29) is 5.97 Å². The average Bonchev–Trinajstić information content (AvgIpc) is 3.16. The zero-order valence-electron chi connectivity index (χ0n) is 16.3. The van der Waals surface area contributed by atoms with Crippen LogP contribution in [0.4, 0.5) is 5.13 Å². The second kappa shape index (κ2) is 9.01. The van der Waals surface area contributed by atoms with Crippen molar-refractivity contribution in [3.63, 3.8) is 0 Å². The molecule has 5 nitrogen and oxygen atoms in total. The van der Waals surface area contributed by atoms with Gasteiger partial charge in [-0.15, -0.1) is 0 Å². The first kappa shape index (κ1) is 20.0. The van der Waals surface area contributed by atoms with Crippen LogP contribution in [0.15, 0.2) is 42.5 Å². The van der Waals surface area contributed by atoms with Crippen LogP contribution in [0.2, 0.25) is 5.02 Å². The minimum absolute atomic E-state index is 0.339. The molecule has 3 aromatic rings. The summed E-state index contributed by atoms with van der Waals surface area (Å²) in [6.45, 7) is 4.64. The standard InChI is InChI=1S/C22H23ClN2O3S/c1-2-27-21(26)17-5-3-4-6-19(17)28-14-15-9-11-25(12-10-15)22-24-18-8-7-16(23)13-20(18)29-22/h3-8,13,15H,2,9-12,14H2,1H3. The molecule has 0 atom stereocenters. The molecule has 0 amide bonds. The summed E-state index contributed by atoms with van der Waals surface area (Å²) in [5.74, 6) is 0.704. The Kier molecular flexibility index (Phi) is 6.21. The molecule has 1 aliphatic rings. The van der Waals surface area contributed by atoms with Gasteiger partial charge in [0.25, 0.3) is 0 Å². The van der Waals surface area contributed by atoms with Gasteiger partial charge >= 0.3 is 5.97 Å². The van der Waals surface area contributed by atoms with Gasteiger partial charge in [-0.05, 0) is 56.0 Å². The largest absolute Gasteiger partial charge is 0.492 e. The number of halogens is 1. The normalized spacial score (nSPS) is 14.9.